The standard InChI is InChI=1S/C48H36Cl2N4O7/c49-38-7-4-8-39(50)37(38)27-60-36-19-17-32(18-20-36)44-46(56)52-40-22-34-23-42(54(26-35(34)24-43(40)61-44)47(57)33-5-2-1-3-6-33)45(55)53-41(48(58)59)21-28-9-13-30(14-10-28)31-15-11-29(25-51)12-16-31/h1-20,22,24,41-42,44H,21,23,26-27H2,(H,52,56)(H,53,55)(H,58,59)/t41-,42-,44?/m0/s1. The highest BCUT2D eigenvalue weighted by molar-refractivity contribution is 6.36. The molecular formula is C48H36Cl2N4O7. The first-order chi connectivity index (χ1) is 29.5. The van der Waals surface area contributed by atoms with Gasteiger partial charge in [0, 0.05) is 46.1 Å². The molecule has 2 aliphatic rings. The van der Waals surface area contributed by atoms with Crippen molar-refractivity contribution in [2.45, 2.75) is 44.2 Å². The summed E-state index contributed by atoms with van der Waals surface area (Å²) in [4.78, 5) is 55.7. The number of halogens is 2. The number of nitrogens with zero attached hydrogens (tertiary/aromatic N) is 2. The van der Waals surface area contributed by atoms with Crippen LogP contribution in [-0.4, -0.2) is 45.8 Å². The predicted octanol–water partition coefficient (Wildman–Crippen LogP) is 8.56. The van der Waals surface area contributed by atoms with E-state index >= 15 is 0 Å². The number of carboxylic acids is 1. The van der Waals surface area contributed by atoms with Crippen molar-refractivity contribution in [1.82, 2.24) is 10.2 Å². The zero-order valence-electron chi connectivity index (χ0n) is 32.3. The lowest BCUT2D eigenvalue weighted by Crippen LogP contribution is -2.56. The van der Waals surface area contributed by atoms with Crippen LogP contribution in [0.15, 0.2) is 133 Å². The molecule has 3 N–H and O–H groups in total. The number of amides is 3. The van der Waals surface area contributed by atoms with E-state index in [0.29, 0.717) is 66.2 Å². The van der Waals surface area contributed by atoms with E-state index in [9.17, 15) is 24.3 Å². The molecule has 0 spiro atoms. The Hall–Kier alpha value is -7.13. The van der Waals surface area contributed by atoms with E-state index in [0.717, 1.165) is 11.1 Å². The summed E-state index contributed by atoms with van der Waals surface area (Å²) in [6.45, 7) is 0.174. The van der Waals surface area contributed by atoms with Gasteiger partial charge in [0.25, 0.3) is 11.8 Å². The molecule has 6 aromatic carbocycles. The van der Waals surface area contributed by atoms with Gasteiger partial charge in [-0.1, -0.05) is 96.0 Å². The Bertz CT molecular complexity index is 2670. The summed E-state index contributed by atoms with van der Waals surface area (Å²) in [5.41, 5.74) is 6.43. The van der Waals surface area contributed by atoms with Gasteiger partial charge in [0.15, 0.2) is 0 Å². The van der Waals surface area contributed by atoms with Crippen molar-refractivity contribution >= 4 is 52.6 Å². The van der Waals surface area contributed by atoms with Crippen molar-refractivity contribution in [2.24, 2.45) is 0 Å². The Kier molecular flexibility index (Phi) is 11.7. The zero-order chi connectivity index (χ0) is 42.6. The first kappa shape index (κ1) is 40.6. The van der Waals surface area contributed by atoms with Crippen molar-refractivity contribution < 1.29 is 33.8 Å². The quantitative estimate of drug-likeness (QED) is 0.117. The molecule has 1 unspecified atom stereocenters. The summed E-state index contributed by atoms with van der Waals surface area (Å²) < 4.78 is 12.2. The van der Waals surface area contributed by atoms with Gasteiger partial charge in [-0.3, -0.25) is 14.4 Å². The highest BCUT2D eigenvalue weighted by atomic mass is 35.5. The van der Waals surface area contributed by atoms with Crippen LogP contribution in [0.3, 0.4) is 0 Å². The van der Waals surface area contributed by atoms with Crippen LogP contribution >= 0.6 is 23.2 Å². The van der Waals surface area contributed by atoms with Gasteiger partial charge < -0.3 is 30.1 Å². The minimum Gasteiger partial charge on any atom is -0.489 e. The second-order valence-electron chi connectivity index (χ2n) is 14.7. The molecule has 0 aliphatic carbocycles. The topological polar surface area (TPSA) is 158 Å². The Balaban J connectivity index is 0.996. The second kappa shape index (κ2) is 17.6. The fraction of sp³-hybridized carbons (Fsp3) is 0.146. The molecule has 2 heterocycles. The number of carboxylic acid groups (broad SMARTS) is 1. The van der Waals surface area contributed by atoms with E-state index in [-0.39, 0.29) is 26.0 Å². The van der Waals surface area contributed by atoms with Gasteiger partial charge in [0.1, 0.15) is 30.2 Å². The lowest BCUT2D eigenvalue weighted by Gasteiger charge is -2.37. The number of nitriles is 1. The molecule has 61 heavy (non-hydrogen) atoms. The number of nitrogens with one attached hydrogen (secondary N) is 2. The van der Waals surface area contributed by atoms with Crippen LogP contribution in [0.2, 0.25) is 10.0 Å². The lowest BCUT2D eigenvalue weighted by molar-refractivity contribution is -0.142. The SMILES string of the molecule is N#Cc1ccc(-c2ccc(C[C@H](NC(=O)[C@@H]3Cc4cc5c(cc4CN3C(=O)c3ccccc3)OC(c3ccc(OCc4c(Cl)cccc4Cl)cc3)C(=O)N5)C(=O)O)cc2)cc1. The smallest absolute Gasteiger partial charge is 0.326 e. The summed E-state index contributed by atoms with van der Waals surface area (Å²) in [5.74, 6) is -1.73. The maximum atomic E-state index is 14.2. The van der Waals surface area contributed by atoms with Crippen molar-refractivity contribution in [3.05, 3.63) is 182 Å². The molecule has 11 nitrogen and oxygen atoms in total. The number of hydrogen-bond donors (Lipinski definition) is 3. The largest absolute Gasteiger partial charge is 0.489 e. The van der Waals surface area contributed by atoms with E-state index in [1.165, 1.54) is 4.90 Å². The molecule has 2 aliphatic heterocycles. The molecule has 0 bridgehead atoms. The van der Waals surface area contributed by atoms with Crippen LogP contribution in [0.4, 0.5) is 5.69 Å². The number of carbonyl (C=O) groups is 4. The van der Waals surface area contributed by atoms with Crippen molar-refractivity contribution in [2.75, 3.05) is 5.32 Å². The fourth-order valence-corrected chi connectivity index (χ4v) is 7.95. The van der Waals surface area contributed by atoms with E-state index in [2.05, 4.69) is 16.7 Å². The highest BCUT2D eigenvalue weighted by Crippen LogP contribution is 2.40. The number of hydrogen-bond acceptors (Lipinski definition) is 7. The van der Waals surface area contributed by atoms with E-state index in [1.54, 1.807) is 109 Å². The summed E-state index contributed by atoms with van der Waals surface area (Å²) in [6.07, 6.45) is -0.934. The molecule has 0 fully saturated rings. The summed E-state index contributed by atoms with van der Waals surface area (Å²) in [6, 6.07) is 38.4. The molecule has 0 aromatic heterocycles. The number of aliphatic carboxylic acids is 1. The fourth-order valence-electron chi connectivity index (χ4n) is 7.44. The monoisotopic (exact) mass is 850 g/mol. The van der Waals surface area contributed by atoms with Gasteiger partial charge in [-0.2, -0.15) is 5.26 Å². The molecule has 3 atom stereocenters. The van der Waals surface area contributed by atoms with Gasteiger partial charge in [0.2, 0.25) is 12.0 Å². The summed E-state index contributed by atoms with van der Waals surface area (Å²) in [5, 5.41) is 26.0. The first-order valence-corrected chi connectivity index (χ1v) is 20.1. The third-order valence-corrected chi connectivity index (χ3v) is 11.4. The lowest BCUT2D eigenvalue weighted by atomic mass is 9.91. The van der Waals surface area contributed by atoms with Crippen LogP contribution in [0, 0.1) is 11.3 Å². The van der Waals surface area contributed by atoms with Gasteiger partial charge in [0.05, 0.1) is 17.3 Å². The Morgan fingerprint density at radius 3 is 2.20 bits per heavy atom. The van der Waals surface area contributed by atoms with Crippen LogP contribution in [0.5, 0.6) is 11.5 Å². The number of benzene rings is 6. The Labute approximate surface area is 361 Å². The summed E-state index contributed by atoms with van der Waals surface area (Å²) >= 11 is 12.6. The van der Waals surface area contributed by atoms with Crippen LogP contribution in [0.25, 0.3) is 11.1 Å². The number of carbonyl (C=O) groups excluding carboxylic acids is 3. The van der Waals surface area contributed by atoms with Gasteiger partial charge >= 0.3 is 5.97 Å². The van der Waals surface area contributed by atoms with Crippen molar-refractivity contribution in [3.63, 3.8) is 0 Å². The van der Waals surface area contributed by atoms with Crippen molar-refractivity contribution in [3.8, 4) is 28.7 Å². The molecule has 13 heteroatoms. The predicted molar refractivity (Wildman–Crippen MR) is 229 cm³/mol. The minimum atomic E-state index is -1.29. The number of fused-ring (bicyclic) bond motifs is 2. The molecule has 3 amide bonds. The molecule has 0 radical (unpaired) electrons. The maximum absolute atomic E-state index is 14.2. The molecule has 0 saturated carbocycles. The average molecular weight is 852 g/mol. The van der Waals surface area contributed by atoms with E-state index in [4.69, 9.17) is 37.9 Å². The van der Waals surface area contributed by atoms with Crippen LogP contribution in [0.1, 0.15) is 49.8 Å². The molecular weight excluding hydrogens is 815 g/mol. The first-order valence-electron chi connectivity index (χ1n) is 19.3. The van der Waals surface area contributed by atoms with Gasteiger partial charge in [-0.15, -0.1) is 0 Å². The van der Waals surface area contributed by atoms with Gasteiger partial charge in [-0.05, 0) is 88.5 Å². The van der Waals surface area contributed by atoms with E-state index < -0.39 is 41.9 Å². The molecule has 6 aromatic rings. The normalized spacial score (nSPS) is 15.8. The average Bonchev–Trinajstić information content (AvgIpc) is 3.28. The second-order valence-corrected chi connectivity index (χ2v) is 15.5. The third kappa shape index (κ3) is 8.92. The molecule has 0 saturated heterocycles. The third-order valence-electron chi connectivity index (χ3n) is 10.7. The van der Waals surface area contributed by atoms with E-state index in [1.807, 2.05) is 24.3 Å². The molecule has 304 valence electrons. The number of anilines is 1. The van der Waals surface area contributed by atoms with Crippen LogP contribution in [-0.2, 0) is 40.4 Å². The van der Waals surface area contributed by atoms with Gasteiger partial charge in [-0.25, -0.2) is 4.79 Å². The minimum absolute atomic E-state index is 0.00408. The molecule has 8 rings (SSSR count). The highest BCUT2D eigenvalue weighted by Gasteiger charge is 2.39. The maximum Gasteiger partial charge on any atom is 0.326 e. The number of rotatable bonds is 11. The summed E-state index contributed by atoms with van der Waals surface area (Å²) in [7, 11) is 0. The van der Waals surface area contributed by atoms with Crippen molar-refractivity contribution in [1.29, 1.82) is 5.26 Å². The number of ether oxygens (including phenoxy) is 2. The van der Waals surface area contributed by atoms with Crippen LogP contribution < -0.4 is 20.1 Å². The Morgan fingerprint density at radius 2 is 1.54 bits per heavy atom. The Morgan fingerprint density at radius 1 is 0.869 bits per heavy atom. The zero-order valence-corrected chi connectivity index (χ0v) is 33.8.